The van der Waals surface area contributed by atoms with Gasteiger partial charge in [-0.15, -0.1) is 0 Å². The summed E-state index contributed by atoms with van der Waals surface area (Å²) in [4.78, 5) is 145. The molecule has 20 nitrogen and oxygen atoms in total. The monoisotopic (exact) mass is 1900 g/mol. The van der Waals surface area contributed by atoms with Gasteiger partial charge < -0.3 is 41.4 Å². The van der Waals surface area contributed by atoms with Crippen LogP contribution < -0.4 is 41.4 Å². The summed E-state index contributed by atoms with van der Waals surface area (Å²) in [5.74, 6) is 1.22. The summed E-state index contributed by atoms with van der Waals surface area (Å²) in [5.41, 5.74) is 21.5. The smallest absolute Gasteiger partial charge is 0.257 e. The molecule has 0 saturated heterocycles. The maximum atomic E-state index is 12.5. The molecule has 13 aromatic rings. The Bertz CT molecular complexity index is 6760. The Balaban J connectivity index is 0.000000132. The second-order valence-corrected chi connectivity index (χ2v) is 35.5. The first kappa shape index (κ1) is 98.5. The predicted octanol–water partition coefficient (Wildman–Crippen LogP) is 26.0. The first-order valence-corrected chi connectivity index (χ1v) is 47.1. The van der Waals surface area contributed by atoms with Crippen LogP contribution in [0.1, 0.15) is 254 Å². The fraction of sp³-hybridized carbons (Fsp3) is 0.204. The topological polar surface area (TPSA) is 295 Å². The molecule has 19 rings (SSSR count). The minimum absolute atomic E-state index is 0.116. The van der Waals surface area contributed by atoms with E-state index >= 15 is 0 Å². The number of halogens is 4. The zero-order chi connectivity index (χ0) is 96.6. The Kier molecular flexibility index (Phi) is 33.8. The Hall–Kier alpha value is -14.5. The van der Waals surface area contributed by atoms with E-state index in [1.807, 2.05) is 133 Å². The van der Waals surface area contributed by atoms with Gasteiger partial charge in [-0.25, -0.2) is 0 Å². The Morgan fingerprint density at radius 2 is 0.577 bits per heavy atom. The van der Waals surface area contributed by atoms with Crippen LogP contribution in [0.25, 0.3) is 11.1 Å². The number of fused-ring (bicyclic) bond motifs is 6. The number of carbonyl (C=O) groups excluding carboxylic acids is 12. The molecule has 0 aromatic heterocycles. The first-order valence-electron chi connectivity index (χ1n) is 45.6. The van der Waals surface area contributed by atoms with Crippen molar-refractivity contribution in [1.82, 2.24) is 0 Å². The van der Waals surface area contributed by atoms with Crippen LogP contribution in [-0.2, 0) is 44.9 Å². The number of methoxy groups -OCH3 is 2. The highest BCUT2D eigenvalue weighted by Crippen LogP contribution is 2.34. The summed E-state index contributed by atoms with van der Waals surface area (Å²) >= 11 is 23.7. The lowest BCUT2D eigenvalue weighted by atomic mass is 9.90. The van der Waals surface area contributed by atoms with E-state index in [-0.39, 0.29) is 70.1 Å². The molecule has 13 aromatic carbocycles. The molecule has 0 radical (unpaired) electrons. The van der Waals surface area contributed by atoms with Gasteiger partial charge in [0.2, 0.25) is 0 Å². The number of aryl methyl sites for hydroxylation is 7. The van der Waals surface area contributed by atoms with Crippen molar-refractivity contribution < 1.29 is 67.0 Å². The van der Waals surface area contributed by atoms with E-state index in [1.54, 1.807) is 148 Å². The van der Waals surface area contributed by atoms with Gasteiger partial charge in [0.15, 0.2) is 34.7 Å². The molecule has 694 valence electrons. The third-order valence-electron chi connectivity index (χ3n) is 24.1. The quantitative estimate of drug-likeness (QED) is 0.0494. The van der Waals surface area contributed by atoms with Gasteiger partial charge in [0, 0.05) is 149 Å². The number of nitrogens with one attached hydrogen (secondary N) is 6. The molecule has 24 heteroatoms. The van der Waals surface area contributed by atoms with Gasteiger partial charge in [0.1, 0.15) is 11.5 Å². The summed E-state index contributed by atoms with van der Waals surface area (Å²) < 4.78 is 10.2. The van der Waals surface area contributed by atoms with Crippen molar-refractivity contribution in [2.45, 2.75) is 135 Å². The minimum atomic E-state index is -0.324. The summed E-state index contributed by atoms with van der Waals surface area (Å²) in [6.07, 6.45) is 16.3. The van der Waals surface area contributed by atoms with Crippen molar-refractivity contribution in [3.8, 4) is 22.6 Å². The van der Waals surface area contributed by atoms with Gasteiger partial charge in [-0.05, 0) is 346 Å². The summed E-state index contributed by atoms with van der Waals surface area (Å²) in [7, 11) is 3.15. The fourth-order valence-electron chi connectivity index (χ4n) is 17.0. The number of anilines is 6. The SMILES string of the molecule is CCCc1ccc(C(=O)Nc2ccc3c(c2)CCCC3=O)cc1.COc1ccc(C(=O)Nc2ccc3c(c2)CCCC3=O)cc1.COc1cccc(C(=O)Nc2ccc3c(c2)CCCC3=O)c1.O=C(Nc1ccc2c(c1)CCCC2=O)c1cc(Cl)cc(Cl)c1.O=C(Nc1ccc2c(c1)CCCC2=O)c1cc(Cl)ccc1Cl.O=C(Nc1ccc2c(c1)CCCC2=O)c1ccc(-c2ccccc2)cc1. The molecular formula is C113H100Cl4N6O14. The molecule has 0 spiro atoms. The second-order valence-electron chi connectivity index (χ2n) is 33.7. The molecule has 0 atom stereocenters. The number of ketones is 6. The zero-order valence-corrected chi connectivity index (χ0v) is 78.9. The molecule has 0 bridgehead atoms. The van der Waals surface area contributed by atoms with E-state index in [0.717, 1.165) is 179 Å². The number of Topliss-reactive ketones (excluding diaryl/α,β-unsaturated/α-hetero) is 6. The van der Waals surface area contributed by atoms with Gasteiger partial charge in [-0.3, -0.25) is 57.5 Å². The molecule has 0 saturated carbocycles. The first-order chi connectivity index (χ1) is 66.3. The van der Waals surface area contributed by atoms with Gasteiger partial charge in [0.25, 0.3) is 35.4 Å². The average molecular weight is 1910 g/mol. The highest BCUT2D eigenvalue weighted by molar-refractivity contribution is 6.37. The van der Waals surface area contributed by atoms with Crippen molar-refractivity contribution in [3.05, 3.63) is 399 Å². The van der Waals surface area contributed by atoms with Gasteiger partial charge >= 0.3 is 0 Å². The van der Waals surface area contributed by atoms with Crippen LogP contribution in [0.5, 0.6) is 11.5 Å². The number of hydrogen-bond donors (Lipinski definition) is 6. The molecule has 0 heterocycles. The maximum absolute atomic E-state index is 12.5. The van der Waals surface area contributed by atoms with Crippen molar-refractivity contribution in [3.63, 3.8) is 0 Å². The molecule has 0 fully saturated rings. The van der Waals surface area contributed by atoms with Crippen molar-refractivity contribution in [2.75, 3.05) is 46.1 Å². The lowest BCUT2D eigenvalue weighted by molar-refractivity contribution is 0.0964. The van der Waals surface area contributed by atoms with Crippen molar-refractivity contribution >= 4 is 151 Å². The van der Waals surface area contributed by atoms with E-state index in [1.165, 1.54) is 11.6 Å². The zero-order valence-electron chi connectivity index (χ0n) is 75.9. The van der Waals surface area contributed by atoms with Crippen molar-refractivity contribution in [1.29, 1.82) is 0 Å². The predicted molar refractivity (Wildman–Crippen MR) is 541 cm³/mol. The number of ether oxygens (including phenoxy) is 2. The number of benzene rings is 13. The van der Waals surface area contributed by atoms with Crippen molar-refractivity contribution in [2.24, 2.45) is 0 Å². The molecule has 6 aliphatic carbocycles. The maximum Gasteiger partial charge on any atom is 0.257 e. The number of amides is 6. The highest BCUT2D eigenvalue weighted by atomic mass is 35.5. The normalized spacial score (nSPS) is 13.5. The molecule has 0 aliphatic heterocycles. The van der Waals surface area contributed by atoms with Gasteiger partial charge in [-0.2, -0.15) is 0 Å². The number of rotatable bonds is 17. The molecule has 137 heavy (non-hydrogen) atoms. The number of hydrogen-bond acceptors (Lipinski definition) is 14. The minimum Gasteiger partial charge on any atom is -0.497 e. The van der Waals surface area contributed by atoms with E-state index in [9.17, 15) is 57.5 Å². The average Bonchev–Trinajstić information content (AvgIpc) is 0.828. The van der Waals surface area contributed by atoms with E-state index in [4.69, 9.17) is 55.9 Å². The Morgan fingerprint density at radius 1 is 0.263 bits per heavy atom. The molecule has 6 aliphatic rings. The standard InChI is InChI=1S/C23H19NO2.C20H21NO2.2C18H17NO3.2C17H13Cl2NO2/c25-22-8-4-7-19-15-20(13-14-21(19)22)24-23(26)18-11-9-17(10-12-18)16-5-2-1-3-6-16;1-2-4-14-7-9-15(10-8-14)20(23)21-17-11-12-18-16(13-17)5-3-6-19(18)22;1-22-15-6-2-5-13(11-15)18(21)19-14-8-9-16-12(10-14)4-3-7-17(16)20;1-22-15-8-5-12(6-9-15)18(21)19-14-7-10-16-13(11-14)3-2-4-17(16)20;18-11-4-7-15(19)14(9-11)17(22)20-12-5-6-13-10(8-12)2-1-3-16(13)21;18-12-6-11(7-13(19)9-12)17(22)20-14-4-5-15-10(8-14)2-1-3-16(15)21/h1-3,5-6,9-15H,4,7-8H2,(H,24,26);7-13H,2-6H2,1H3,(H,21,23);2,5-6,8-11H,3-4,7H2,1H3,(H,19,21);5-11H,2-4H2,1H3,(H,19,21);2*4-9H,1-3H2,(H,20,22). The van der Waals surface area contributed by atoms with E-state index in [0.29, 0.717) is 126 Å². The van der Waals surface area contributed by atoms with Crippen LogP contribution in [0.4, 0.5) is 34.1 Å². The molecule has 0 unspecified atom stereocenters. The summed E-state index contributed by atoms with van der Waals surface area (Å²) in [5, 5.41) is 18.8. The largest absolute Gasteiger partial charge is 0.497 e. The van der Waals surface area contributed by atoms with Crippen LogP contribution >= 0.6 is 46.4 Å². The van der Waals surface area contributed by atoms with E-state index in [2.05, 4.69) is 38.8 Å². The highest BCUT2D eigenvalue weighted by Gasteiger charge is 2.26. The molecule has 6 N–H and O–H groups in total. The third kappa shape index (κ3) is 26.6. The lowest BCUT2D eigenvalue weighted by Gasteiger charge is -2.16. The second kappa shape index (κ2) is 47.1. The van der Waals surface area contributed by atoms with Crippen LogP contribution in [-0.4, -0.2) is 84.4 Å². The molecular weight excluding hydrogens is 1810 g/mol. The summed E-state index contributed by atoms with van der Waals surface area (Å²) in [6.45, 7) is 2.14. The number of carbonyl (C=O) groups is 12. The van der Waals surface area contributed by atoms with Crippen LogP contribution in [0.2, 0.25) is 20.1 Å². The van der Waals surface area contributed by atoms with Gasteiger partial charge in [0.05, 0.1) is 24.8 Å². The fourth-order valence-corrected chi connectivity index (χ4v) is 17.9. The van der Waals surface area contributed by atoms with Gasteiger partial charge in [-0.1, -0.05) is 120 Å². The van der Waals surface area contributed by atoms with Crippen LogP contribution in [0.15, 0.2) is 273 Å². The Labute approximate surface area is 815 Å². The molecule has 6 amide bonds. The van der Waals surface area contributed by atoms with Crippen LogP contribution in [0.3, 0.4) is 0 Å². The lowest BCUT2D eigenvalue weighted by Crippen LogP contribution is -2.15. The van der Waals surface area contributed by atoms with Crippen LogP contribution in [0, 0.1) is 0 Å². The Morgan fingerprint density at radius 3 is 0.920 bits per heavy atom. The van der Waals surface area contributed by atoms with E-state index < -0.39 is 0 Å². The summed E-state index contributed by atoms with van der Waals surface area (Å²) in [6, 6.07) is 81.6. The third-order valence-corrected chi connectivity index (χ3v) is 25.1.